The van der Waals surface area contributed by atoms with Gasteiger partial charge in [-0.2, -0.15) is 0 Å². The molecule has 0 atom stereocenters. The Morgan fingerprint density at radius 2 is 1.29 bits per heavy atom. The maximum Gasteiger partial charge on any atom is 0.0702 e. The van der Waals surface area contributed by atoms with Crippen LogP contribution in [-0.2, 0) is 0 Å². The summed E-state index contributed by atoms with van der Waals surface area (Å²) >= 11 is 0. The van der Waals surface area contributed by atoms with Gasteiger partial charge in [0.05, 0.1) is 13.0 Å². The van der Waals surface area contributed by atoms with Gasteiger partial charge in [-0.15, -0.1) is 5.92 Å². The molecule has 96 valence electrons. The maximum atomic E-state index is 8.50. The monoisotopic (exact) mass is 234 g/mol. The third-order valence-electron chi connectivity index (χ3n) is 2.57. The third kappa shape index (κ3) is 15.1. The van der Waals surface area contributed by atoms with Crippen LogP contribution in [0.4, 0.5) is 0 Å². The largest absolute Gasteiger partial charge is 0.395 e. The molecule has 0 aliphatic heterocycles. The fourth-order valence-electron chi connectivity index (χ4n) is 1.57. The molecule has 0 saturated carbocycles. The molecule has 0 fully saturated rings. The van der Waals surface area contributed by atoms with Gasteiger partial charge in [-0.05, 0) is 6.42 Å². The molecule has 0 aromatic heterocycles. The van der Waals surface area contributed by atoms with Gasteiger partial charge in [-0.1, -0.05) is 63.2 Å². The van der Waals surface area contributed by atoms with E-state index in [1.165, 1.54) is 44.9 Å². The second-order valence-corrected chi connectivity index (χ2v) is 4.23. The maximum absolute atomic E-state index is 8.50. The highest BCUT2D eigenvalue weighted by Crippen LogP contribution is 2.07. The lowest BCUT2D eigenvalue weighted by atomic mass is 10.1. The van der Waals surface area contributed by atoms with Crippen molar-refractivity contribution >= 4 is 0 Å². The summed E-state index contributed by atoms with van der Waals surface area (Å²) in [7, 11) is 0. The second-order valence-electron chi connectivity index (χ2n) is 4.23. The minimum absolute atomic E-state index is 0.151. The normalized spacial score (nSPS) is 9.06. The molecule has 1 nitrogen and oxygen atoms in total. The molecule has 1 N–H and O–H groups in total. The van der Waals surface area contributed by atoms with E-state index in [0.717, 1.165) is 6.42 Å². The fraction of sp³-hybridized carbons (Fsp3) is 0.750. The second kappa shape index (κ2) is 15.1. The molecule has 1 heteroatoms. The minimum atomic E-state index is 0.151. The lowest BCUT2D eigenvalue weighted by Crippen LogP contribution is -1.79. The number of hydrogen-bond donors (Lipinski definition) is 1. The number of hydrogen-bond acceptors (Lipinski definition) is 1. The van der Waals surface area contributed by atoms with E-state index in [1.54, 1.807) is 0 Å². The molecule has 0 radical (unpaired) electrons. The first kappa shape index (κ1) is 16.1. The molecule has 0 aromatic rings. The highest BCUT2D eigenvalue weighted by Gasteiger charge is 1.88. The molecule has 0 spiro atoms. The zero-order valence-corrected chi connectivity index (χ0v) is 11.2. The van der Waals surface area contributed by atoms with Crippen LogP contribution in [0.25, 0.3) is 0 Å². The Morgan fingerprint density at radius 1 is 0.706 bits per heavy atom. The van der Waals surface area contributed by atoms with Crippen LogP contribution in [0.5, 0.6) is 0 Å². The van der Waals surface area contributed by atoms with Gasteiger partial charge in [0.25, 0.3) is 0 Å². The summed E-state index contributed by atoms with van der Waals surface area (Å²) in [5.74, 6) is 12.0. The lowest BCUT2D eigenvalue weighted by molar-refractivity contribution is 0.305. The van der Waals surface area contributed by atoms with E-state index in [0.29, 0.717) is 12.8 Å². The Bertz CT molecular complexity index is 259. The number of unbranched alkanes of at least 4 members (excludes halogenated alkanes) is 7. The van der Waals surface area contributed by atoms with E-state index in [-0.39, 0.29) is 6.61 Å². The Morgan fingerprint density at radius 3 is 1.94 bits per heavy atom. The van der Waals surface area contributed by atoms with Gasteiger partial charge >= 0.3 is 0 Å². The molecule has 0 unspecified atom stereocenters. The van der Waals surface area contributed by atoms with Gasteiger partial charge in [-0.3, -0.25) is 0 Å². The van der Waals surface area contributed by atoms with Crippen molar-refractivity contribution in [2.45, 2.75) is 71.1 Å². The van der Waals surface area contributed by atoms with Crippen LogP contribution in [0.2, 0.25) is 0 Å². The molecule has 0 heterocycles. The molecule has 0 amide bonds. The van der Waals surface area contributed by atoms with Crippen LogP contribution in [0.15, 0.2) is 0 Å². The van der Waals surface area contributed by atoms with Crippen molar-refractivity contribution in [3.63, 3.8) is 0 Å². The van der Waals surface area contributed by atoms with Crippen molar-refractivity contribution in [3.8, 4) is 23.7 Å². The predicted octanol–water partition coefficient (Wildman–Crippen LogP) is 3.91. The third-order valence-corrected chi connectivity index (χ3v) is 2.57. The molecule has 17 heavy (non-hydrogen) atoms. The van der Waals surface area contributed by atoms with Crippen LogP contribution in [0, 0.1) is 23.7 Å². The quantitative estimate of drug-likeness (QED) is 0.499. The van der Waals surface area contributed by atoms with E-state index in [2.05, 4.69) is 30.6 Å². The van der Waals surface area contributed by atoms with Crippen molar-refractivity contribution in [2.75, 3.05) is 6.61 Å². The van der Waals surface area contributed by atoms with Crippen LogP contribution in [-0.4, -0.2) is 11.7 Å². The van der Waals surface area contributed by atoms with Crippen molar-refractivity contribution in [3.05, 3.63) is 0 Å². The van der Waals surface area contributed by atoms with Gasteiger partial charge in [0.15, 0.2) is 0 Å². The Hall–Kier alpha value is -0.920. The molecule has 0 aromatic carbocycles. The molecule has 0 bridgehead atoms. The molecule has 0 rings (SSSR count). The topological polar surface area (TPSA) is 20.2 Å². The average Bonchev–Trinajstić information content (AvgIpc) is 2.35. The summed E-state index contributed by atoms with van der Waals surface area (Å²) in [6.45, 7) is 2.40. The van der Waals surface area contributed by atoms with Gasteiger partial charge in [0.1, 0.15) is 0 Å². The smallest absolute Gasteiger partial charge is 0.0702 e. The van der Waals surface area contributed by atoms with Crippen molar-refractivity contribution in [2.24, 2.45) is 0 Å². The fourth-order valence-corrected chi connectivity index (χ4v) is 1.57. The minimum Gasteiger partial charge on any atom is -0.395 e. The summed E-state index contributed by atoms with van der Waals surface area (Å²) in [6.07, 6.45) is 11.6. The van der Waals surface area contributed by atoms with E-state index in [4.69, 9.17) is 5.11 Å². The summed E-state index contributed by atoms with van der Waals surface area (Å²) in [6, 6.07) is 0. The molecule has 0 aliphatic rings. The SMILES string of the molecule is CCCCCCCCCC#CCC#CCCO. The van der Waals surface area contributed by atoms with Crippen molar-refractivity contribution < 1.29 is 5.11 Å². The van der Waals surface area contributed by atoms with E-state index in [9.17, 15) is 0 Å². The summed E-state index contributed by atoms with van der Waals surface area (Å²) in [5.41, 5.74) is 0. The van der Waals surface area contributed by atoms with Gasteiger partial charge in [0, 0.05) is 12.8 Å². The number of aliphatic hydroxyl groups is 1. The molecular formula is C16H26O. The van der Waals surface area contributed by atoms with Crippen LogP contribution in [0.1, 0.15) is 71.1 Å². The number of aliphatic hydroxyl groups excluding tert-OH is 1. The average molecular weight is 234 g/mol. The predicted molar refractivity (Wildman–Crippen MR) is 74.5 cm³/mol. The van der Waals surface area contributed by atoms with Crippen molar-refractivity contribution in [1.29, 1.82) is 0 Å². The van der Waals surface area contributed by atoms with Gasteiger partial charge < -0.3 is 5.11 Å². The molecular weight excluding hydrogens is 208 g/mol. The van der Waals surface area contributed by atoms with Crippen LogP contribution >= 0.6 is 0 Å². The summed E-state index contributed by atoms with van der Waals surface area (Å²) < 4.78 is 0. The first-order chi connectivity index (χ1) is 8.41. The standard InChI is InChI=1S/C16H26O/c1-2-3-4-5-6-7-8-9-10-11-12-13-14-15-16-17/h17H,2-9,12,15-16H2,1H3. The Labute approximate surface area is 107 Å². The van der Waals surface area contributed by atoms with Crippen LogP contribution < -0.4 is 0 Å². The van der Waals surface area contributed by atoms with Gasteiger partial charge in [0.2, 0.25) is 0 Å². The first-order valence-electron chi connectivity index (χ1n) is 6.94. The van der Waals surface area contributed by atoms with E-state index < -0.39 is 0 Å². The summed E-state index contributed by atoms with van der Waals surface area (Å²) in [4.78, 5) is 0. The Kier molecular flexibility index (Phi) is 14.3. The van der Waals surface area contributed by atoms with Gasteiger partial charge in [-0.25, -0.2) is 0 Å². The molecule has 0 aliphatic carbocycles. The Balaban J connectivity index is 3.17. The zero-order valence-electron chi connectivity index (χ0n) is 11.2. The van der Waals surface area contributed by atoms with E-state index in [1.807, 2.05) is 0 Å². The number of rotatable bonds is 8. The van der Waals surface area contributed by atoms with Crippen LogP contribution in [0.3, 0.4) is 0 Å². The first-order valence-corrected chi connectivity index (χ1v) is 6.94. The lowest BCUT2D eigenvalue weighted by Gasteiger charge is -1.97. The van der Waals surface area contributed by atoms with Crippen molar-refractivity contribution in [1.82, 2.24) is 0 Å². The van der Waals surface area contributed by atoms with E-state index >= 15 is 0 Å². The molecule has 0 saturated heterocycles. The highest BCUT2D eigenvalue weighted by atomic mass is 16.2. The zero-order chi connectivity index (χ0) is 12.6. The summed E-state index contributed by atoms with van der Waals surface area (Å²) in [5, 5.41) is 8.50. The highest BCUT2D eigenvalue weighted by molar-refractivity contribution is 5.11.